The molecule has 1 saturated carbocycles. The number of hydrogen-bond donors (Lipinski definition) is 2. The highest BCUT2D eigenvalue weighted by molar-refractivity contribution is 5.84. The van der Waals surface area contributed by atoms with E-state index in [1.807, 2.05) is 0 Å². The first-order chi connectivity index (χ1) is 10.0. The van der Waals surface area contributed by atoms with E-state index < -0.39 is 11.4 Å². The third-order valence-corrected chi connectivity index (χ3v) is 4.42. The highest BCUT2D eigenvalue weighted by atomic mass is 19.1. The quantitative estimate of drug-likeness (QED) is 0.820. The Kier molecular flexibility index (Phi) is 5.34. The average molecular weight is 292 g/mol. The van der Waals surface area contributed by atoms with E-state index >= 15 is 0 Å². The Bertz CT molecular complexity index is 483. The molecule has 0 aromatic heterocycles. The van der Waals surface area contributed by atoms with Gasteiger partial charge >= 0.3 is 0 Å². The number of hydrogen-bond acceptors (Lipinski definition) is 2. The number of benzene rings is 1. The van der Waals surface area contributed by atoms with Gasteiger partial charge in [0.25, 0.3) is 0 Å². The number of nitrogens with two attached hydrogens (primary N) is 1. The van der Waals surface area contributed by atoms with Crippen LogP contribution in [0.4, 0.5) is 4.39 Å². The Hall–Kier alpha value is -1.42. The third kappa shape index (κ3) is 4.27. The van der Waals surface area contributed by atoms with Crippen molar-refractivity contribution in [1.29, 1.82) is 0 Å². The van der Waals surface area contributed by atoms with Crippen molar-refractivity contribution in [3.05, 3.63) is 35.6 Å². The molecule has 1 aromatic carbocycles. The predicted octanol–water partition coefficient (Wildman–Crippen LogP) is 2.92. The molecule has 1 amide bonds. The standard InChI is InChI=1S/C17H25FN2O/c1-17(16(19)21,12-13-8-6-7-11-15(13)18)20-14-9-4-2-3-5-10-14/h6-8,11,14,20H,2-5,9-10,12H2,1H3,(H2,19,21). The second kappa shape index (κ2) is 7.03. The number of nitrogens with one attached hydrogen (secondary N) is 1. The molecule has 1 aromatic rings. The zero-order valence-corrected chi connectivity index (χ0v) is 12.7. The first-order valence-electron chi connectivity index (χ1n) is 7.82. The van der Waals surface area contributed by atoms with Crippen LogP contribution in [0.3, 0.4) is 0 Å². The molecule has 0 aliphatic heterocycles. The molecule has 1 aliphatic carbocycles. The largest absolute Gasteiger partial charge is 0.368 e. The molecule has 0 heterocycles. The number of amides is 1. The van der Waals surface area contributed by atoms with Crippen LogP contribution >= 0.6 is 0 Å². The van der Waals surface area contributed by atoms with Gasteiger partial charge in [0, 0.05) is 12.5 Å². The fourth-order valence-electron chi connectivity index (χ4n) is 3.11. The lowest BCUT2D eigenvalue weighted by atomic mass is 9.89. The summed E-state index contributed by atoms with van der Waals surface area (Å²) < 4.78 is 13.8. The Labute approximate surface area is 126 Å². The number of carbonyl (C=O) groups excluding carboxylic acids is 1. The molecule has 0 saturated heterocycles. The average Bonchev–Trinajstić information content (AvgIpc) is 2.70. The van der Waals surface area contributed by atoms with Crippen LogP contribution < -0.4 is 11.1 Å². The van der Waals surface area contributed by atoms with Gasteiger partial charge in [-0.15, -0.1) is 0 Å². The Balaban J connectivity index is 2.12. The van der Waals surface area contributed by atoms with Crippen molar-refractivity contribution in [2.24, 2.45) is 5.73 Å². The predicted molar refractivity (Wildman–Crippen MR) is 82.3 cm³/mol. The monoisotopic (exact) mass is 292 g/mol. The van der Waals surface area contributed by atoms with Crippen molar-refractivity contribution >= 4 is 5.91 Å². The maximum absolute atomic E-state index is 13.8. The van der Waals surface area contributed by atoms with Gasteiger partial charge < -0.3 is 11.1 Å². The van der Waals surface area contributed by atoms with E-state index in [0.29, 0.717) is 5.56 Å². The minimum atomic E-state index is -0.906. The van der Waals surface area contributed by atoms with Gasteiger partial charge in [-0.25, -0.2) is 4.39 Å². The molecule has 0 spiro atoms. The number of rotatable bonds is 5. The molecule has 116 valence electrons. The minimum Gasteiger partial charge on any atom is -0.368 e. The first kappa shape index (κ1) is 16.0. The van der Waals surface area contributed by atoms with E-state index in [4.69, 9.17) is 5.73 Å². The summed E-state index contributed by atoms with van der Waals surface area (Å²) in [5.74, 6) is -0.706. The molecule has 21 heavy (non-hydrogen) atoms. The molecule has 0 bridgehead atoms. The van der Waals surface area contributed by atoms with Crippen LogP contribution in [0.2, 0.25) is 0 Å². The summed E-state index contributed by atoms with van der Waals surface area (Å²) in [4.78, 5) is 11.9. The van der Waals surface area contributed by atoms with Crippen molar-refractivity contribution < 1.29 is 9.18 Å². The second-order valence-corrected chi connectivity index (χ2v) is 6.30. The van der Waals surface area contributed by atoms with Gasteiger partial charge in [-0.3, -0.25) is 4.79 Å². The second-order valence-electron chi connectivity index (χ2n) is 6.30. The number of halogens is 1. The van der Waals surface area contributed by atoms with E-state index in [-0.39, 0.29) is 18.3 Å². The summed E-state index contributed by atoms with van der Waals surface area (Å²) in [6.45, 7) is 1.78. The summed E-state index contributed by atoms with van der Waals surface area (Å²) >= 11 is 0. The van der Waals surface area contributed by atoms with Crippen LogP contribution in [0.15, 0.2) is 24.3 Å². The molecule has 4 heteroatoms. The zero-order chi connectivity index (χ0) is 15.3. The highest BCUT2D eigenvalue weighted by Crippen LogP contribution is 2.22. The normalized spacial score (nSPS) is 19.7. The summed E-state index contributed by atoms with van der Waals surface area (Å²) in [6.07, 6.45) is 7.24. The number of carbonyl (C=O) groups is 1. The molecule has 1 fully saturated rings. The fourth-order valence-corrected chi connectivity index (χ4v) is 3.11. The fraction of sp³-hybridized carbons (Fsp3) is 0.588. The van der Waals surface area contributed by atoms with Crippen LogP contribution in [-0.4, -0.2) is 17.5 Å². The highest BCUT2D eigenvalue weighted by Gasteiger charge is 2.34. The smallest absolute Gasteiger partial charge is 0.237 e. The van der Waals surface area contributed by atoms with Gasteiger partial charge in [0.05, 0.1) is 5.54 Å². The molecular weight excluding hydrogens is 267 g/mol. The van der Waals surface area contributed by atoms with Crippen LogP contribution in [0.25, 0.3) is 0 Å². The van der Waals surface area contributed by atoms with Crippen LogP contribution in [-0.2, 0) is 11.2 Å². The minimum absolute atomic E-state index is 0.283. The summed E-state index contributed by atoms with van der Waals surface area (Å²) in [5.41, 5.74) is 5.22. The van der Waals surface area contributed by atoms with E-state index in [9.17, 15) is 9.18 Å². The summed E-state index contributed by atoms with van der Waals surface area (Å²) in [5, 5.41) is 3.41. The summed E-state index contributed by atoms with van der Waals surface area (Å²) in [6, 6.07) is 6.86. The molecular formula is C17H25FN2O. The molecule has 1 atom stereocenters. The van der Waals surface area contributed by atoms with E-state index in [1.54, 1.807) is 25.1 Å². The van der Waals surface area contributed by atoms with E-state index in [0.717, 1.165) is 12.8 Å². The van der Waals surface area contributed by atoms with Gasteiger partial charge in [0.1, 0.15) is 5.82 Å². The maximum Gasteiger partial charge on any atom is 0.237 e. The van der Waals surface area contributed by atoms with Gasteiger partial charge in [-0.2, -0.15) is 0 Å². The molecule has 3 N–H and O–H groups in total. The van der Waals surface area contributed by atoms with Crippen molar-refractivity contribution in [3.8, 4) is 0 Å². The molecule has 0 radical (unpaired) electrons. The lowest BCUT2D eigenvalue weighted by Crippen LogP contribution is -2.58. The summed E-state index contributed by atoms with van der Waals surface area (Å²) in [7, 11) is 0. The van der Waals surface area contributed by atoms with Crippen molar-refractivity contribution in [2.45, 2.75) is 63.5 Å². The first-order valence-corrected chi connectivity index (χ1v) is 7.82. The maximum atomic E-state index is 13.8. The third-order valence-electron chi connectivity index (χ3n) is 4.42. The molecule has 1 aliphatic rings. The SMILES string of the molecule is CC(Cc1ccccc1F)(NC1CCCCCC1)C(N)=O. The van der Waals surface area contributed by atoms with Gasteiger partial charge in [-0.05, 0) is 31.4 Å². The van der Waals surface area contributed by atoms with Crippen LogP contribution in [0, 0.1) is 5.82 Å². The van der Waals surface area contributed by atoms with Crippen LogP contribution in [0.5, 0.6) is 0 Å². The van der Waals surface area contributed by atoms with Gasteiger partial charge in [-0.1, -0.05) is 43.9 Å². The van der Waals surface area contributed by atoms with Crippen molar-refractivity contribution in [2.75, 3.05) is 0 Å². The van der Waals surface area contributed by atoms with Gasteiger partial charge in [0.2, 0.25) is 5.91 Å². The Morgan fingerprint density at radius 1 is 1.29 bits per heavy atom. The van der Waals surface area contributed by atoms with Gasteiger partial charge in [0.15, 0.2) is 0 Å². The Morgan fingerprint density at radius 2 is 1.90 bits per heavy atom. The lowest BCUT2D eigenvalue weighted by Gasteiger charge is -2.32. The topological polar surface area (TPSA) is 55.1 Å². The molecule has 1 unspecified atom stereocenters. The lowest BCUT2D eigenvalue weighted by molar-refractivity contribution is -0.124. The number of primary amides is 1. The van der Waals surface area contributed by atoms with E-state index in [1.165, 1.54) is 31.7 Å². The van der Waals surface area contributed by atoms with Crippen molar-refractivity contribution in [1.82, 2.24) is 5.32 Å². The van der Waals surface area contributed by atoms with Crippen LogP contribution in [0.1, 0.15) is 51.0 Å². The molecule has 2 rings (SSSR count). The van der Waals surface area contributed by atoms with E-state index in [2.05, 4.69) is 5.32 Å². The Morgan fingerprint density at radius 3 is 2.48 bits per heavy atom. The zero-order valence-electron chi connectivity index (χ0n) is 12.7. The van der Waals surface area contributed by atoms with Crippen molar-refractivity contribution in [3.63, 3.8) is 0 Å². The molecule has 3 nitrogen and oxygen atoms in total.